The zero-order valence-corrected chi connectivity index (χ0v) is 18.7. The topological polar surface area (TPSA) is 21.5 Å². The lowest BCUT2D eigenvalue weighted by Crippen LogP contribution is -2.22. The Morgan fingerprint density at radius 3 is 2.57 bits per heavy atom. The van der Waals surface area contributed by atoms with Crippen molar-refractivity contribution in [3.63, 3.8) is 0 Å². The maximum absolute atomic E-state index is 3.01. The van der Waals surface area contributed by atoms with Crippen molar-refractivity contribution in [3.8, 4) is 0 Å². The second kappa shape index (κ2) is 11.0. The number of allylic oxidation sites excluding steroid dienone is 2. The van der Waals surface area contributed by atoms with Crippen molar-refractivity contribution in [2.24, 2.45) is 5.41 Å². The van der Waals surface area contributed by atoms with Gasteiger partial charge in [0, 0.05) is 58.1 Å². The molecule has 0 aromatic heterocycles. The molecule has 28 heavy (non-hydrogen) atoms. The lowest BCUT2D eigenvalue weighted by molar-refractivity contribution is -0.450. The van der Waals surface area contributed by atoms with Gasteiger partial charge in [0.1, 0.15) is 6.21 Å². The summed E-state index contributed by atoms with van der Waals surface area (Å²) in [5, 5.41) is 3.01. The van der Waals surface area contributed by atoms with Crippen LogP contribution in [0, 0.1) is 5.41 Å². The summed E-state index contributed by atoms with van der Waals surface area (Å²) in [5.41, 5.74) is 2.56. The fourth-order valence-electron chi connectivity index (χ4n) is 2.79. The zero-order chi connectivity index (χ0) is 20.4. The van der Waals surface area contributed by atoms with E-state index in [4.69, 9.17) is 0 Å². The number of nitrogens with zero attached hydrogens (tertiary/aromatic N) is 3. The van der Waals surface area contributed by atoms with Crippen LogP contribution in [0.4, 0.5) is 5.69 Å². The van der Waals surface area contributed by atoms with Crippen LogP contribution in [0.15, 0.2) is 55.0 Å². The Bertz CT molecular complexity index is 719. The molecule has 1 heterocycles. The fraction of sp³-hybridized carbons (Fsp3) is 0.435. The van der Waals surface area contributed by atoms with E-state index in [0.717, 1.165) is 24.6 Å². The van der Waals surface area contributed by atoms with Crippen molar-refractivity contribution in [3.05, 3.63) is 60.6 Å². The molecule has 5 heteroatoms. The highest BCUT2D eigenvalue weighted by molar-refractivity contribution is 7.99. The van der Waals surface area contributed by atoms with Crippen LogP contribution in [-0.4, -0.2) is 62.1 Å². The van der Waals surface area contributed by atoms with Gasteiger partial charge in [-0.15, -0.1) is 11.8 Å². The van der Waals surface area contributed by atoms with E-state index in [1.165, 1.54) is 11.3 Å². The first kappa shape index (κ1) is 22.2. The summed E-state index contributed by atoms with van der Waals surface area (Å²) < 4.78 is 2.32. The first-order valence-electron chi connectivity index (χ1n) is 9.79. The van der Waals surface area contributed by atoms with E-state index in [2.05, 4.69) is 109 Å². The number of hydrogen-bond acceptors (Lipinski definition) is 4. The number of benzene rings is 1. The molecule has 0 radical (unpaired) electrons. The van der Waals surface area contributed by atoms with Gasteiger partial charge in [-0.2, -0.15) is 0 Å². The van der Waals surface area contributed by atoms with Crippen molar-refractivity contribution in [1.29, 1.82) is 0 Å². The van der Waals surface area contributed by atoms with Crippen LogP contribution in [-0.2, 0) is 0 Å². The quantitative estimate of drug-likeness (QED) is 0.363. The molecule has 1 unspecified atom stereocenters. The standard InChI is InChI=1S/C23H35N4S/c1-23(11-10-21-6-8-22(9-7-21)25(3)4)12-15-27(16-13-23)18-19-28-20-26(5)17-14-24-2/h6-12,14-17,24H,13,18-20H2,1-5H3/q+1/b11-10+,17-14-. The minimum absolute atomic E-state index is 0.0853. The molecule has 1 aliphatic rings. The van der Waals surface area contributed by atoms with Gasteiger partial charge in [0.25, 0.3) is 0 Å². The molecule has 0 aliphatic carbocycles. The highest BCUT2D eigenvalue weighted by Crippen LogP contribution is 2.28. The molecule has 0 bridgehead atoms. The molecule has 0 amide bonds. The molecule has 1 aromatic carbocycles. The maximum atomic E-state index is 3.01. The van der Waals surface area contributed by atoms with E-state index in [1.54, 1.807) is 0 Å². The van der Waals surface area contributed by atoms with Gasteiger partial charge in [0.05, 0.1) is 11.6 Å². The van der Waals surface area contributed by atoms with E-state index < -0.39 is 0 Å². The summed E-state index contributed by atoms with van der Waals surface area (Å²) >= 11 is 1.95. The Labute approximate surface area is 175 Å². The van der Waals surface area contributed by atoms with Crippen LogP contribution in [0.3, 0.4) is 0 Å². The number of thioether (sulfide) groups is 1. The van der Waals surface area contributed by atoms with Crippen LogP contribution in [0.5, 0.6) is 0 Å². The van der Waals surface area contributed by atoms with E-state index in [1.807, 2.05) is 25.0 Å². The van der Waals surface area contributed by atoms with Crippen LogP contribution in [0.1, 0.15) is 18.9 Å². The van der Waals surface area contributed by atoms with Crippen LogP contribution >= 0.6 is 11.8 Å². The van der Waals surface area contributed by atoms with Gasteiger partial charge < -0.3 is 15.1 Å². The molecule has 2 rings (SSSR count). The lowest BCUT2D eigenvalue weighted by Gasteiger charge is -2.21. The molecule has 1 atom stereocenters. The van der Waals surface area contributed by atoms with Crippen LogP contribution in [0.2, 0.25) is 0 Å². The predicted molar refractivity (Wildman–Crippen MR) is 126 cm³/mol. The van der Waals surface area contributed by atoms with Gasteiger partial charge in [-0.1, -0.05) is 31.2 Å². The molecule has 0 saturated carbocycles. The second-order valence-corrected chi connectivity index (χ2v) is 8.74. The minimum Gasteiger partial charge on any atom is -0.393 e. The molecule has 1 aromatic rings. The van der Waals surface area contributed by atoms with Crippen molar-refractivity contribution >= 4 is 29.7 Å². The SMILES string of the molecule is CN/C=C\N(C)CSCC[N+]1=CCC(C)(/C=C/c2ccc(N(C)C)cc2)C=C1. The van der Waals surface area contributed by atoms with Crippen LogP contribution < -0.4 is 10.2 Å². The number of nitrogens with one attached hydrogen (secondary N) is 1. The van der Waals surface area contributed by atoms with Crippen molar-refractivity contribution < 1.29 is 4.58 Å². The van der Waals surface area contributed by atoms with Gasteiger partial charge in [-0.3, -0.25) is 0 Å². The van der Waals surface area contributed by atoms with Gasteiger partial charge in [0.15, 0.2) is 12.7 Å². The summed E-state index contributed by atoms with van der Waals surface area (Å²) in [6, 6.07) is 8.68. The predicted octanol–water partition coefficient (Wildman–Crippen LogP) is 4.09. The summed E-state index contributed by atoms with van der Waals surface area (Å²) in [6.07, 6.45) is 16.5. The van der Waals surface area contributed by atoms with Gasteiger partial charge in [-0.25, -0.2) is 4.58 Å². The highest BCUT2D eigenvalue weighted by atomic mass is 32.2. The average molecular weight is 400 g/mol. The molecule has 152 valence electrons. The maximum Gasteiger partial charge on any atom is 0.165 e. The largest absolute Gasteiger partial charge is 0.393 e. The monoisotopic (exact) mass is 399 g/mol. The first-order chi connectivity index (χ1) is 13.4. The number of rotatable bonds is 10. The van der Waals surface area contributed by atoms with Crippen molar-refractivity contribution in [1.82, 2.24) is 10.2 Å². The first-order valence-corrected chi connectivity index (χ1v) is 10.9. The summed E-state index contributed by atoms with van der Waals surface area (Å²) in [6.45, 7) is 3.34. The Morgan fingerprint density at radius 2 is 1.96 bits per heavy atom. The van der Waals surface area contributed by atoms with Gasteiger partial charge in [-0.05, 0) is 23.8 Å². The average Bonchev–Trinajstić information content (AvgIpc) is 2.70. The number of anilines is 1. The Kier molecular flexibility index (Phi) is 8.71. The molecule has 0 spiro atoms. The third kappa shape index (κ3) is 7.47. The van der Waals surface area contributed by atoms with Crippen molar-refractivity contribution in [2.45, 2.75) is 13.3 Å². The Morgan fingerprint density at radius 1 is 1.21 bits per heavy atom. The number of hydrogen-bond donors (Lipinski definition) is 1. The van der Waals surface area contributed by atoms with E-state index in [9.17, 15) is 0 Å². The molecule has 1 aliphatic heterocycles. The lowest BCUT2D eigenvalue weighted by atomic mass is 9.85. The van der Waals surface area contributed by atoms with Crippen LogP contribution in [0.25, 0.3) is 6.08 Å². The van der Waals surface area contributed by atoms with Gasteiger partial charge in [0.2, 0.25) is 0 Å². The highest BCUT2D eigenvalue weighted by Gasteiger charge is 2.23. The fourth-order valence-corrected chi connectivity index (χ4v) is 3.63. The molecular weight excluding hydrogens is 364 g/mol. The minimum atomic E-state index is 0.0853. The zero-order valence-electron chi connectivity index (χ0n) is 17.9. The van der Waals surface area contributed by atoms with Crippen molar-refractivity contribution in [2.75, 3.05) is 51.3 Å². The molecule has 1 N–H and O–H groups in total. The van der Waals surface area contributed by atoms with E-state index in [-0.39, 0.29) is 5.41 Å². The summed E-state index contributed by atoms with van der Waals surface area (Å²) in [4.78, 5) is 4.31. The Balaban J connectivity index is 1.78. The third-order valence-corrected chi connectivity index (χ3v) is 5.82. The molecule has 4 nitrogen and oxygen atoms in total. The Hall–Kier alpha value is -2.14. The normalized spacial score (nSPS) is 19.2. The molecule has 0 fully saturated rings. The van der Waals surface area contributed by atoms with Gasteiger partial charge >= 0.3 is 0 Å². The second-order valence-electron chi connectivity index (χ2n) is 7.66. The third-order valence-electron chi connectivity index (χ3n) is 4.76. The van der Waals surface area contributed by atoms with E-state index in [0.29, 0.717) is 0 Å². The molecular formula is C23H35N4S+. The smallest absolute Gasteiger partial charge is 0.165 e. The summed E-state index contributed by atoms with van der Waals surface area (Å²) in [5.74, 6) is 2.12. The molecule has 0 saturated heterocycles. The van der Waals surface area contributed by atoms with E-state index >= 15 is 0 Å². The summed E-state index contributed by atoms with van der Waals surface area (Å²) in [7, 11) is 8.15.